The highest BCUT2D eigenvalue weighted by Gasteiger charge is 2.13. The second kappa shape index (κ2) is 10.3. The Morgan fingerprint density at radius 2 is 1.83 bits per heavy atom. The third-order valence-electron chi connectivity index (χ3n) is 3.45. The number of amides is 2. The first-order valence-electron chi connectivity index (χ1n) is 8.22. The Kier molecular flexibility index (Phi) is 7.54. The summed E-state index contributed by atoms with van der Waals surface area (Å²) in [5, 5.41) is 16.6. The number of methoxy groups -OCH3 is 2. The van der Waals surface area contributed by atoms with Gasteiger partial charge in [0, 0.05) is 11.8 Å². The molecule has 29 heavy (non-hydrogen) atoms. The zero-order valence-electron chi connectivity index (χ0n) is 15.6. The Bertz CT molecular complexity index is 928. The first-order valence-corrected chi connectivity index (χ1v) is 8.22. The van der Waals surface area contributed by atoms with E-state index in [2.05, 4.69) is 15.8 Å². The molecule has 0 atom stereocenters. The van der Waals surface area contributed by atoms with Crippen molar-refractivity contribution in [2.45, 2.75) is 0 Å². The molecule has 0 aliphatic heterocycles. The number of ether oxygens (including phenoxy) is 3. The Morgan fingerprint density at radius 3 is 2.52 bits per heavy atom. The molecule has 2 amide bonds. The van der Waals surface area contributed by atoms with Crippen LogP contribution in [0, 0.1) is 0 Å². The van der Waals surface area contributed by atoms with E-state index < -0.39 is 24.4 Å². The number of carbonyl (C=O) groups excluding carboxylic acids is 3. The maximum Gasteiger partial charge on any atom is 0.329 e. The molecule has 0 saturated carbocycles. The fourth-order valence-electron chi connectivity index (χ4n) is 2.13. The lowest BCUT2D eigenvalue weighted by Crippen LogP contribution is -2.32. The Balaban J connectivity index is 1.94. The molecule has 0 unspecified atom stereocenters. The second-order valence-electron chi connectivity index (χ2n) is 5.46. The summed E-state index contributed by atoms with van der Waals surface area (Å²) in [6.45, 7) is -0.623. The van der Waals surface area contributed by atoms with Crippen LogP contribution in [-0.2, 0) is 14.4 Å². The number of hydrogen-bond donors (Lipinski definition) is 2. The molecule has 2 aromatic rings. The number of hydrazone groups is 1. The van der Waals surface area contributed by atoms with Gasteiger partial charge < -0.3 is 29.4 Å². The molecule has 0 aromatic heterocycles. The fourth-order valence-corrected chi connectivity index (χ4v) is 2.13. The van der Waals surface area contributed by atoms with Crippen LogP contribution in [0.15, 0.2) is 47.6 Å². The SMILES string of the molecule is COc1cccc(NC(=O)C(=O)N/N=C\c2ccc(OCC(=O)[O-])c(OC)c2)c1. The van der Waals surface area contributed by atoms with Gasteiger partial charge in [0.15, 0.2) is 11.5 Å². The smallest absolute Gasteiger partial charge is 0.329 e. The number of carboxylic acid groups (broad SMARTS) is 1. The van der Waals surface area contributed by atoms with Gasteiger partial charge in [-0.3, -0.25) is 9.59 Å². The molecule has 0 aliphatic rings. The van der Waals surface area contributed by atoms with Crippen molar-refractivity contribution in [3.63, 3.8) is 0 Å². The van der Waals surface area contributed by atoms with E-state index in [9.17, 15) is 19.5 Å². The number of nitrogens with one attached hydrogen (secondary N) is 2. The molecular formula is C19H18N3O7-. The topological polar surface area (TPSA) is 138 Å². The minimum absolute atomic E-state index is 0.204. The minimum Gasteiger partial charge on any atom is -0.546 e. The third kappa shape index (κ3) is 6.54. The summed E-state index contributed by atoms with van der Waals surface area (Å²) in [7, 11) is 2.87. The highest BCUT2D eigenvalue weighted by molar-refractivity contribution is 6.39. The average Bonchev–Trinajstić information content (AvgIpc) is 2.72. The molecule has 0 aliphatic carbocycles. The summed E-state index contributed by atoms with van der Waals surface area (Å²) in [5.74, 6) is -2.24. The molecular weight excluding hydrogens is 382 g/mol. The summed E-state index contributed by atoms with van der Waals surface area (Å²) < 4.78 is 15.2. The highest BCUT2D eigenvalue weighted by atomic mass is 16.5. The second-order valence-corrected chi connectivity index (χ2v) is 5.46. The number of hydrogen-bond acceptors (Lipinski definition) is 8. The van der Waals surface area contributed by atoms with Gasteiger partial charge in [0.2, 0.25) is 0 Å². The van der Waals surface area contributed by atoms with Gasteiger partial charge in [-0.05, 0) is 35.9 Å². The van der Waals surface area contributed by atoms with Gasteiger partial charge >= 0.3 is 11.8 Å². The van der Waals surface area contributed by atoms with Gasteiger partial charge in [-0.1, -0.05) is 6.07 Å². The zero-order chi connectivity index (χ0) is 21.2. The first kappa shape index (κ1) is 21.2. The Labute approximate surface area is 166 Å². The molecule has 2 rings (SSSR count). The summed E-state index contributed by atoms with van der Waals surface area (Å²) >= 11 is 0. The van der Waals surface area contributed by atoms with Gasteiger partial charge in [0.25, 0.3) is 0 Å². The predicted molar refractivity (Wildman–Crippen MR) is 101 cm³/mol. The van der Waals surface area contributed by atoms with Crippen molar-refractivity contribution < 1.29 is 33.7 Å². The lowest BCUT2D eigenvalue weighted by molar-refractivity contribution is -0.307. The van der Waals surface area contributed by atoms with Crippen molar-refractivity contribution in [1.29, 1.82) is 0 Å². The summed E-state index contributed by atoms with van der Waals surface area (Å²) in [5.41, 5.74) is 3.01. The summed E-state index contributed by atoms with van der Waals surface area (Å²) in [6, 6.07) is 11.1. The number of anilines is 1. The Morgan fingerprint density at radius 1 is 1.03 bits per heavy atom. The van der Waals surface area contributed by atoms with E-state index in [4.69, 9.17) is 14.2 Å². The van der Waals surface area contributed by atoms with E-state index in [1.165, 1.54) is 32.6 Å². The van der Waals surface area contributed by atoms with Crippen LogP contribution in [0.5, 0.6) is 17.2 Å². The van der Waals surface area contributed by atoms with Crippen molar-refractivity contribution in [2.24, 2.45) is 5.10 Å². The van der Waals surface area contributed by atoms with E-state index >= 15 is 0 Å². The number of carboxylic acids is 1. The first-order chi connectivity index (χ1) is 13.9. The predicted octanol–water partition coefficient (Wildman–Crippen LogP) is -0.0787. The lowest BCUT2D eigenvalue weighted by Gasteiger charge is -2.11. The van der Waals surface area contributed by atoms with Crippen LogP contribution in [0.2, 0.25) is 0 Å². The highest BCUT2D eigenvalue weighted by Crippen LogP contribution is 2.27. The zero-order valence-corrected chi connectivity index (χ0v) is 15.6. The monoisotopic (exact) mass is 400 g/mol. The normalized spacial score (nSPS) is 10.3. The molecule has 2 N–H and O–H groups in total. The van der Waals surface area contributed by atoms with Crippen molar-refractivity contribution >= 4 is 29.7 Å². The van der Waals surface area contributed by atoms with E-state index in [0.717, 1.165) is 0 Å². The molecule has 0 bridgehead atoms. The Hall–Kier alpha value is -4.08. The third-order valence-corrected chi connectivity index (χ3v) is 3.45. The fraction of sp³-hybridized carbons (Fsp3) is 0.158. The van der Waals surface area contributed by atoms with Crippen LogP contribution < -0.4 is 30.1 Å². The van der Waals surface area contributed by atoms with Gasteiger partial charge in [-0.25, -0.2) is 5.43 Å². The van der Waals surface area contributed by atoms with Crippen LogP contribution in [0.3, 0.4) is 0 Å². The number of carbonyl (C=O) groups is 3. The molecule has 0 spiro atoms. The summed E-state index contributed by atoms with van der Waals surface area (Å²) in [6.07, 6.45) is 1.28. The standard InChI is InChI=1S/C19H19N3O7/c1-27-14-5-3-4-13(9-14)21-18(25)19(26)22-20-10-12-6-7-15(16(8-12)28-2)29-11-17(23)24/h3-10H,11H2,1-2H3,(H,21,25)(H,22,26)(H,23,24)/p-1/b20-10-. The molecule has 2 aromatic carbocycles. The number of rotatable bonds is 8. The van der Waals surface area contributed by atoms with Crippen molar-refractivity contribution in [1.82, 2.24) is 5.43 Å². The van der Waals surface area contributed by atoms with Gasteiger partial charge in [-0.2, -0.15) is 5.10 Å². The molecule has 0 heterocycles. The quantitative estimate of drug-likeness (QED) is 0.359. The molecule has 152 valence electrons. The van der Waals surface area contributed by atoms with Crippen LogP contribution in [0.25, 0.3) is 0 Å². The van der Waals surface area contributed by atoms with Crippen molar-refractivity contribution in [2.75, 3.05) is 26.1 Å². The number of aliphatic carboxylic acids is 1. The van der Waals surface area contributed by atoms with Crippen molar-refractivity contribution in [3.8, 4) is 17.2 Å². The van der Waals surface area contributed by atoms with E-state index in [1.54, 1.807) is 30.3 Å². The molecule has 0 fully saturated rings. The van der Waals surface area contributed by atoms with Gasteiger partial charge in [0.05, 0.1) is 26.4 Å². The molecule has 0 radical (unpaired) electrons. The summed E-state index contributed by atoms with van der Waals surface area (Å²) in [4.78, 5) is 34.2. The van der Waals surface area contributed by atoms with Crippen LogP contribution in [-0.4, -0.2) is 44.8 Å². The van der Waals surface area contributed by atoms with Crippen molar-refractivity contribution in [3.05, 3.63) is 48.0 Å². The van der Waals surface area contributed by atoms with Crippen LogP contribution in [0.1, 0.15) is 5.56 Å². The van der Waals surface area contributed by atoms with Gasteiger partial charge in [-0.15, -0.1) is 0 Å². The number of benzene rings is 2. The van der Waals surface area contributed by atoms with E-state index in [-0.39, 0.29) is 11.5 Å². The molecule has 0 saturated heterocycles. The van der Waals surface area contributed by atoms with Crippen LogP contribution >= 0.6 is 0 Å². The minimum atomic E-state index is -1.37. The maximum absolute atomic E-state index is 11.9. The molecule has 10 heteroatoms. The number of nitrogens with zero attached hydrogens (tertiary/aromatic N) is 1. The van der Waals surface area contributed by atoms with E-state index in [1.807, 2.05) is 0 Å². The van der Waals surface area contributed by atoms with E-state index in [0.29, 0.717) is 17.0 Å². The lowest BCUT2D eigenvalue weighted by atomic mass is 10.2. The average molecular weight is 400 g/mol. The largest absolute Gasteiger partial charge is 0.546 e. The molecule has 10 nitrogen and oxygen atoms in total. The van der Waals surface area contributed by atoms with Crippen LogP contribution in [0.4, 0.5) is 5.69 Å². The maximum atomic E-state index is 11.9. The van der Waals surface area contributed by atoms with Gasteiger partial charge in [0.1, 0.15) is 12.4 Å².